The molecule has 2 heterocycles. The van der Waals surface area contributed by atoms with Gasteiger partial charge < -0.3 is 14.6 Å². The van der Waals surface area contributed by atoms with E-state index in [4.69, 9.17) is 4.74 Å². The van der Waals surface area contributed by atoms with E-state index in [2.05, 4.69) is 16.9 Å². The SMILES string of the molecule is CCc1cnc(SCC(=O)N2CCO[C@@H](c3ccc(F)cc3)C2)[nH]1. The fraction of sp³-hybridized carbons (Fsp3) is 0.412. The molecule has 1 aliphatic rings. The molecule has 2 aromatic rings. The van der Waals surface area contributed by atoms with E-state index in [0.717, 1.165) is 22.8 Å². The van der Waals surface area contributed by atoms with Gasteiger partial charge in [-0.05, 0) is 24.1 Å². The van der Waals surface area contributed by atoms with E-state index in [1.807, 2.05) is 0 Å². The highest BCUT2D eigenvalue weighted by atomic mass is 32.2. The first-order valence-electron chi connectivity index (χ1n) is 7.97. The number of rotatable bonds is 5. The number of imidazole rings is 1. The van der Waals surface area contributed by atoms with E-state index in [1.165, 1.54) is 23.9 Å². The van der Waals surface area contributed by atoms with Crippen molar-refractivity contribution in [3.05, 3.63) is 47.5 Å². The molecule has 24 heavy (non-hydrogen) atoms. The summed E-state index contributed by atoms with van der Waals surface area (Å²) in [6.07, 6.45) is 2.49. The summed E-state index contributed by atoms with van der Waals surface area (Å²) in [5.74, 6) is 0.126. The van der Waals surface area contributed by atoms with Crippen LogP contribution in [0.25, 0.3) is 0 Å². The van der Waals surface area contributed by atoms with Crippen LogP contribution in [0, 0.1) is 5.82 Å². The van der Waals surface area contributed by atoms with Crippen LogP contribution >= 0.6 is 11.8 Å². The number of H-pyrrole nitrogens is 1. The average molecular weight is 349 g/mol. The zero-order valence-electron chi connectivity index (χ0n) is 13.5. The molecule has 5 nitrogen and oxygen atoms in total. The molecule has 1 fully saturated rings. The number of nitrogens with one attached hydrogen (secondary N) is 1. The van der Waals surface area contributed by atoms with Crippen molar-refractivity contribution < 1.29 is 13.9 Å². The maximum Gasteiger partial charge on any atom is 0.233 e. The summed E-state index contributed by atoms with van der Waals surface area (Å²) in [4.78, 5) is 21.7. The minimum absolute atomic E-state index is 0.0601. The van der Waals surface area contributed by atoms with Gasteiger partial charge in [-0.1, -0.05) is 30.8 Å². The van der Waals surface area contributed by atoms with Crippen molar-refractivity contribution in [3.63, 3.8) is 0 Å². The second-order valence-electron chi connectivity index (χ2n) is 5.61. The third kappa shape index (κ3) is 4.15. The van der Waals surface area contributed by atoms with Gasteiger partial charge in [0, 0.05) is 18.4 Å². The fourth-order valence-corrected chi connectivity index (χ4v) is 3.34. The van der Waals surface area contributed by atoms with Crippen molar-refractivity contribution in [2.24, 2.45) is 0 Å². The monoisotopic (exact) mass is 349 g/mol. The third-order valence-electron chi connectivity index (χ3n) is 3.98. The maximum atomic E-state index is 13.0. The highest BCUT2D eigenvalue weighted by molar-refractivity contribution is 7.99. The molecule has 1 amide bonds. The topological polar surface area (TPSA) is 58.2 Å². The van der Waals surface area contributed by atoms with E-state index in [1.54, 1.807) is 23.2 Å². The zero-order valence-corrected chi connectivity index (χ0v) is 14.3. The molecule has 0 radical (unpaired) electrons. The predicted molar refractivity (Wildman–Crippen MR) is 90.4 cm³/mol. The Morgan fingerprint density at radius 2 is 2.25 bits per heavy atom. The molecule has 1 aromatic heterocycles. The van der Waals surface area contributed by atoms with Gasteiger partial charge in [-0.3, -0.25) is 4.79 Å². The molecule has 0 aliphatic carbocycles. The number of morpholine rings is 1. The van der Waals surface area contributed by atoms with E-state index in [9.17, 15) is 9.18 Å². The molecular formula is C17H20FN3O2S. The van der Waals surface area contributed by atoms with Crippen molar-refractivity contribution in [2.75, 3.05) is 25.4 Å². The Kier molecular flexibility index (Phi) is 5.52. The number of aromatic nitrogens is 2. The van der Waals surface area contributed by atoms with Gasteiger partial charge in [-0.15, -0.1) is 0 Å². The van der Waals surface area contributed by atoms with Crippen molar-refractivity contribution in [1.82, 2.24) is 14.9 Å². The number of carbonyl (C=O) groups excluding carboxylic acids is 1. The number of carbonyl (C=O) groups is 1. The van der Waals surface area contributed by atoms with E-state index in [0.29, 0.717) is 25.4 Å². The van der Waals surface area contributed by atoms with E-state index < -0.39 is 0 Å². The molecule has 1 atom stereocenters. The molecule has 0 unspecified atom stereocenters. The Labute approximate surface area is 144 Å². The summed E-state index contributed by atoms with van der Waals surface area (Å²) >= 11 is 1.41. The minimum atomic E-state index is -0.274. The lowest BCUT2D eigenvalue weighted by Crippen LogP contribution is -2.43. The largest absolute Gasteiger partial charge is 0.370 e. The zero-order chi connectivity index (χ0) is 16.9. The first-order chi connectivity index (χ1) is 11.7. The summed E-state index contributed by atoms with van der Waals surface area (Å²) in [7, 11) is 0. The molecule has 7 heteroatoms. The van der Waals surface area contributed by atoms with E-state index >= 15 is 0 Å². The van der Waals surface area contributed by atoms with Gasteiger partial charge in [0.25, 0.3) is 0 Å². The molecule has 1 saturated heterocycles. The number of hydrogen-bond donors (Lipinski definition) is 1. The van der Waals surface area contributed by atoms with Crippen LogP contribution < -0.4 is 0 Å². The number of benzene rings is 1. The Morgan fingerprint density at radius 3 is 2.96 bits per heavy atom. The Balaban J connectivity index is 1.55. The fourth-order valence-electron chi connectivity index (χ4n) is 2.57. The number of nitrogens with zero attached hydrogens (tertiary/aromatic N) is 2. The molecule has 1 aromatic carbocycles. The van der Waals surface area contributed by atoms with Crippen molar-refractivity contribution in [3.8, 4) is 0 Å². The predicted octanol–water partition coefficient (Wildman–Crippen LogP) is 2.80. The molecule has 0 saturated carbocycles. The number of amides is 1. The number of aromatic amines is 1. The van der Waals surface area contributed by atoms with Crippen LogP contribution in [-0.2, 0) is 16.0 Å². The molecular weight excluding hydrogens is 329 g/mol. The van der Waals surface area contributed by atoms with Gasteiger partial charge >= 0.3 is 0 Å². The molecule has 0 spiro atoms. The quantitative estimate of drug-likeness (QED) is 0.844. The van der Waals surface area contributed by atoms with Crippen LogP contribution in [0.3, 0.4) is 0 Å². The van der Waals surface area contributed by atoms with Crippen LogP contribution in [0.15, 0.2) is 35.6 Å². The summed E-state index contributed by atoms with van der Waals surface area (Å²) in [6.45, 7) is 3.61. The molecule has 0 bridgehead atoms. The van der Waals surface area contributed by atoms with Gasteiger partial charge in [0.2, 0.25) is 5.91 Å². The normalized spacial score (nSPS) is 17.9. The number of aryl methyl sites for hydroxylation is 1. The standard InChI is InChI=1S/C17H20FN3O2S/c1-2-14-9-19-17(20-14)24-11-16(22)21-7-8-23-15(10-21)12-3-5-13(18)6-4-12/h3-6,9,15H,2,7-8,10-11H2,1H3,(H,19,20)/t15-/m1/s1. The van der Waals surface area contributed by atoms with Crippen molar-refractivity contribution in [2.45, 2.75) is 24.6 Å². The van der Waals surface area contributed by atoms with Crippen LogP contribution in [-0.4, -0.2) is 46.2 Å². The average Bonchev–Trinajstić information content (AvgIpc) is 3.08. The van der Waals surface area contributed by atoms with Gasteiger partial charge in [-0.2, -0.15) is 0 Å². The van der Waals surface area contributed by atoms with Crippen LogP contribution in [0.4, 0.5) is 4.39 Å². The minimum Gasteiger partial charge on any atom is -0.370 e. The summed E-state index contributed by atoms with van der Waals surface area (Å²) in [5, 5.41) is 0.767. The smallest absolute Gasteiger partial charge is 0.233 e. The lowest BCUT2D eigenvalue weighted by atomic mass is 10.1. The lowest BCUT2D eigenvalue weighted by Gasteiger charge is -2.33. The number of halogens is 1. The van der Waals surface area contributed by atoms with Gasteiger partial charge in [0.15, 0.2) is 5.16 Å². The second kappa shape index (κ2) is 7.81. The Hall–Kier alpha value is -1.86. The number of thioether (sulfide) groups is 1. The van der Waals surface area contributed by atoms with Crippen molar-refractivity contribution in [1.29, 1.82) is 0 Å². The summed E-state index contributed by atoms with van der Waals surface area (Å²) in [6, 6.07) is 6.24. The lowest BCUT2D eigenvalue weighted by molar-refractivity contribution is -0.136. The van der Waals surface area contributed by atoms with E-state index in [-0.39, 0.29) is 17.8 Å². The first kappa shape index (κ1) is 17.0. The van der Waals surface area contributed by atoms with Crippen LogP contribution in [0.5, 0.6) is 0 Å². The Bertz CT molecular complexity index is 689. The summed E-state index contributed by atoms with van der Waals surface area (Å²) in [5.41, 5.74) is 1.95. The van der Waals surface area contributed by atoms with Gasteiger partial charge in [-0.25, -0.2) is 9.37 Å². The number of ether oxygens (including phenoxy) is 1. The first-order valence-corrected chi connectivity index (χ1v) is 8.95. The summed E-state index contributed by atoms with van der Waals surface area (Å²) < 4.78 is 18.8. The molecule has 1 aliphatic heterocycles. The van der Waals surface area contributed by atoms with Gasteiger partial charge in [0.1, 0.15) is 11.9 Å². The molecule has 3 rings (SSSR count). The number of hydrogen-bond acceptors (Lipinski definition) is 4. The van der Waals surface area contributed by atoms with Crippen molar-refractivity contribution >= 4 is 17.7 Å². The Morgan fingerprint density at radius 1 is 1.46 bits per heavy atom. The molecule has 128 valence electrons. The molecule has 1 N–H and O–H groups in total. The third-order valence-corrected chi connectivity index (χ3v) is 4.85. The maximum absolute atomic E-state index is 13.0. The van der Waals surface area contributed by atoms with Crippen LogP contribution in [0.1, 0.15) is 24.3 Å². The van der Waals surface area contributed by atoms with Gasteiger partial charge in [0.05, 0.1) is 18.9 Å². The highest BCUT2D eigenvalue weighted by Gasteiger charge is 2.25. The highest BCUT2D eigenvalue weighted by Crippen LogP contribution is 2.23. The second-order valence-corrected chi connectivity index (χ2v) is 6.57. The van der Waals surface area contributed by atoms with Crippen LogP contribution in [0.2, 0.25) is 0 Å².